The molecule has 50 heavy (non-hydrogen) atoms. The van der Waals surface area contributed by atoms with E-state index in [1.165, 1.54) is 70.6 Å². The molecule has 1 fully saturated rings. The SMILES string of the molecule is CCCC/C=C\CCCCCCCCOCC(COP(=O)(O)OC1C(O)C(O)C(O)C(O)C1O)OC(=O)CCCCCCCCCCCCC. The lowest BCUT2D eigenvalue weighted by atomic mass is 9.85. The molecule has 13 heteroatoms. The Bertz CT molecular complexity index is 890. The van der Waals surface area contributed by atoms with Crippen molar-refractivity contribution in [3.63, 3.8) is 0 Å². The molecular weight excluding hydrogens is 667 g/mol. The molecule has 6 atom stereocenters. The Morgan fingerprint density at radius 1 is 0.620 bits per heavy atom. The van der Waals surface area contributed by atoms with Gasteiger partial charge >= 0.3 is 13.8 Å². The molecule has 1 saturated carbocycles. The molecule has 0 radical (unpaired) electrons. The highest BCUT2D eigenvalue weighted by Crippen LogP contribution is 2.47. The number of aliphatic hydroxyl groups is 5. The molecule has 6 unspecified atom stereocenters. The van der Waals surface area contributed by atoms with E-state index in [4.69, 9.17) is 18.5 Å². The maximum absolute atomic E-state index is 12.7. The zero-order valence-corrected chi connectivity index (χ0v) is 31.8. The number of phosphoric acid groups is 1. The predicted octanol–water partition coefficient (Wildman–Crippen LogP) is 6.41. The highest BCUT2D eigenvalue weighted by molar-refractivity contribution is 7.47. The fourth-order valence-electron chi connectivity index (χ4n) is 5.92. The maximum Gasteiger partial charge on any atom is 0.472 e. The van der Waals surface area contributed by atoms with Crippen LogP contribution in [0.3, 0.4) is 0 Å². The standard InChI is InChI=1S/C37H71O12P/c1-3-5-7-9-11-13-15-17-19-21-23-25-27-46-28-30(48-31(38)26-24-22-20-18-16-14-12-10-8-6-4-2)29-47-50(44,45)49-37-35(42)33(40)32(39)34(41)36(37)43/h9,11,30,32-37,39-43H,3-8,10,12-29H2,1-2H3,(H,44,45)/b11-9-. The zero-order valence-electron chi connectivity index (χ0n) is 31.0. The van der Waals surface area contributed by atoms with Crippen molar-refractivity contribution in [3.8, 4) is 0 Å². The van der Waals surface area contributed by atoms with Crippen molar-refractivity contribution in [1.29, 1.82) is 0 Å². The van der Waals surface area contributed by atoms with Gasteiger partial charge in [0.25, 0.3) is 0 Å². The number of phosphoric ester groups is 1. The fraction of sp³-hybridized carbons (Fsp3) is 0.919. The lowest BCUT2D eigenvalue weighted by molar-refractivity contribution is -0.220. The molecule has 0 heterocycles. The molecule has 1 aliphatic rings. The predicted molar refractivity (Wildman–Crippen MR) is 193 cm³/mol. The van der Waals surface area contributed by atoms with Crippen LogP contribution in [0.1, 0.15) is 155 Å². The van der Waals surface area contributed by atoms with Crippen molar-refractivity contribution >= 4 is 13.8 Å². The van der Waals surface area contributed by atoms with E-state index in [1.54, 1.807) is 0 Å². The van der Waals surface area contributed by atoms with E-state index in [9.17, 15) is 39.8 Å². The third-order valence-electron chi connectivity index (χ3n) is 9.14. The molecule has 1 aliphatic carbocycles. The molecule has 0 amide bonds. The summed E-state index contributed by atoms with van der Waals surface area (Å²) in [5.41, 5.74) is 0. The lowest BCUT2D eigenvalue weighted by Gasteiger charge is -2.41. The van der Waals surface area contributed by atoms with Gasteiger partial charge in [-0.1, -0.05) is 129 Å². The summed E-state index contributed by atoms with van der Waals surface area (Å²) >= 11 is 0. The van der Waals surface area contributed by atoms with E-state index in [0.29, 0.717) is 13.0 Å². The first kappa shape index (κ1) is 47.1. The molecule has 0 bridgehead atoms. The summed E-state index contributed by atoms with van der Waals surface area (Å²) in [6, 6.07) is 0. The number of unbranched alkanes of at least 4 members (excludes halogenated alkanes) is 18. The number of ether oxygens (including phenoxy) is 2. The van der Waals surface area contributed by atoms with E-state index >= 15 is 0 Å². The molecule has 0 aromatic heterocycles. The normalized spacial score (nSPS) is 24.4. The van der Waals surface area contributed by atoms with Crippen LogP contribution in [0, 0.1) is 0 Å². The summed E-state index contributed by atoms with van der Waals surface area (Å²) in [6.45, 7) is 4.18. The molecule has 0 aliphatic heterocycles. The molecule has 12 nitrogen and oxygen atoms in total. The Hall–Kier alpha value is -0.920. The van der Waals surface area contributed by atoms with Crippen molar-refractivity contribution < 1.29 is 58.3 Å². The smallest absolute Gasteiger partial charge is 0.457 e. The first-order chi connectivity index (χ1) is 24.0. The molecule has 0 aromatic rings. The van der Waals surface area contributed by atoms with Gasteiger partial charge in [-0.15, -0.1) is 0 Å². The van der Waals surface area contributed by atoms with Crippen molar-refractivity contribution in [1.82, 2.24) is 0 Å². The second kappa shape index (κ2) is 29.5. The van der Waals surface area contributed by atoms with Crippen LogP contribution >= 0.6 is 7.82 Å². The van der Waals surface area contributed by atoms with Crippen LogP contribution in [0.25, 0.3) is 0 Å². The average molecular weight is 739 g/mol. The van der Waals surface area contributed by atoms with Gasteiger partial charge in [0.15, 0.2) is 0 Å². The number of carbonyl (C=O) groups excluding carboxylic acids is 1. The number of hydrogen-bond acceptors (Lipinski definition) is 11. The van der Waals surface area contributed by atoms with Gasteiger partial charge in [0.05, 0.1) is 13.2 Å². The van der Waals surface area contributed by atoms with Gasteiger partial charge < -0.3 is 39.9 Å². The maximum atomic E-state index is 12.7. The van der Waals surface area contributed by atoms with Gasteiger partial charge in [0.2, 0.25) is 0 Å². The first-order valence-electron chi connectivity index (χ1n) is 19.5. The Labute approximate surface area is 301 Å². The van der Waals surface area contributed by atoms with Gasteiger partial charge in [0, 0.05) is 13.0 Å². The summed E-state index contributed by atoms with van der Waals surface area (Å²) < 4.78 is 33.9. The van der Waals surface area contributed by atoms with Crippen LogP contribution < -0.4 is 0 Å². The van der Waals surface area contributed by atoms with E-state index < -0.39 is 63.1 Å². The second-order valence-electron chi connectivity index (χ2n) is 13.8. The molecule has 0 saturated heterocycles. The van der Waals surface area contributed by atoms with Crippen molar-refractivity contribution in [2.45, 2.75) is 198 Å². The zero-order chi connectivity index (χ0) is 37.0. The minimum atomic E-state index is -5.00. The van der Waals surface area contributed by atoms with Crippen LogP contribution in [0.5, 0.6) is 0 Å². The van der Waals surface area contributed by atoms with Gasteiger partial charge in [0.1, 0.15) is 42.7 Å². The Kier molecular flexibility index (Phi) is 27.8. The molecule has 296 valence electrons. The van der Waals surface area contributed by atoms with Crippen molar-refractivity contribution in [2.75, 3.05) is 19.8 Å². The van der Waals surface area contributed by atoms with E-state index in [-0.39, 0.29) is 13.0 Å². The summed E-state index contributed by atoms with van der Waals surface area (Å²) in [7, 11) is -5.00. The Morgan fingerprint density at radius 3 is 1.64 bits per heavy atom. The molecule has 0 spiro atoms. The minimum Gasteiger partial charge on any atom is -0.457 e. The third kappa shape index (κ3) is 22.2. The lowest BCUT2D eigenvalue weighted by Crippen LogP contribution is -2.64. The van der Waals surface area contributed by atoms with Crippen LogP contribution in [0.2, 0.25) is 0 Å². The summed E-state index contributed by atoms with van der Waals surface area (Å²) in [5.74, 6) is -0.481. The second-order valence-corrected chi connectivity index (χ2v) is 15.2. The summed E-state index contributed by atoms with van der Waals surface area (Å²) in [6.07, 6.45) is 15.8. The van der Waals surface area contributed by atoms with Gasteiger partial charge in [-0.2, -0.15) is 0 Å². The first-order valence-corrected chi connectivity index (χ1v) is 21.0. The molecule has 6 N–H and O–H groups in total. The average Bonchev–Trinajstić information content (AvgIpc) is 3.09. The van der Waals surface area contributed by atoms with Crippen molar-refractivity contribution in [2.24, 2.45) is 0 Å². The fourth-order valence-corrected chi connectivity index (χ4v) is 6.90. The number of hydrogen-bond donors (Lipinski definition) is 6. The van der Waals surface area contributed by atoms with E-state index in [2.05, 4.69) is 26.0 Å². The Morgan fingerprint density at radius 2 is 1.08 bits per heavy atom. The quantitative estimate of drug-likeness (QED) is 0.0193. The van der Waals surface area contributed by atoms with E-state index in [0.717, 1.165) is 57.8 Å². The minimum absolute atomic E-state index is 0.0767. The highest BCUT2D eigenvalue weighted by atomic mass is 31.2. The van der Waals surface area contributed by atoms with Crippen LogP contribution in [-0.4, -0.2) is 98.9 Å². The number of esters is 1. The topological polar surface area (TPSA) is 192 Å². The summed E-state index contributed by atoms with van der Waals surface area (Å²) in [4.78, 5) is 23.0. The monoisotopic (exact) mass is 738 g/mol. The van der Waals surface area contributed by atoms with Crippen LogP contribution in [0.4, 0.5) is 0 Å². The number of carbonyl (C=O) groups is 1. The Balaban J connectivity index is 2.48. The molecule has 0 aromatic carbocycles. The number of aliphatic hydroxyl groups excluding tert-OH is 5. The largest absolute Gasteiger partial charge is 0.472 e. The van der Waals surface area contributed by atoms with Crippen LogP contribution in [0.15, 0.2) is 12.2 Å². The number of allylic oxidation sites excluding steroid dienone is 2. The summed E-state index contributed by atoms with van der Waals surface area (Å²) in [5, 5.41) is 49.9. The van der Waals surface area contributed by atoms with Gasteiger partial charge in [-0.25, -0.2) is 4.57 Å². The highest BCUT2D eigenvalue weighted by Gasteiger charge is 2.51. The molecular formula is C37H71O12P. The van der Waals surface area contributed by atoms with E-state index in [1.807, 2.05) is 0 Å². The molecule has 1 rings (SSSR count). The van der Waals surface area contributed by atoms with Crippen LogP contribution in [-0.2, 0) is 27.9 Å². The number of rotatable bonds is 32. The van der Waals surface area contributed by atoms with Gasteiger partial charge in [-0.05, 0) is 32.1 Å². The van der Waals surface area contributed by atoms with Gasteiger partial charge in [-0.3, -0.25) is 13.8 Å². The third-order valence-corrected chi connectivity index (χ3v) is 10.1. The van der Waals surface area contributed by atoms with Crippen molar-refractivity contribution in [3.05, 3.63) is 12.2 Å².